The molecular weight excluding hydrogens is 387 g/mol. The summed E-state index contributed by atoms with van der Waals surface area (Å²) in [7, 11) is 3.91. The van der Waals surface area contributed by atoms with E-state index in [2.05, 4.69) is 15.5 Å². The average Bonchev–Trinajstić information content (AvgIpc) is 2.57. The predicted molar refractivity (Wildman–Crippen MR) is 103 cm³/mol. The van der Waals surface area contributed by atoms with Gasteiger partial charge in [0.2, 0.25) is 0 Å². The molecule has 0 radical (unpaired) electrons. The number of aromatic nitrogens is 1. The van der Waals surface area contributed by atoms with E-state index in [9.17, 15) is 4.79 Å². The minimum absolute atomic E-state index is 0.00354. The van der Waals surface area contributed by atoms with Gasteiger partial charge in [-0.2, -0.15) is 5.10 Å². The summed E-state index contributed by atoms with van der Waals surface area (Å²) in [6.45, 7) is 1.79. The first-order valence-electron chi connectivity index (χ1n) is 7.08. The van der Waals surface area contributed by atoms with Gasteiger partial charge in [0.25, 0.3) is 0 Å². The van der Waals surface area contributed by atoms with E-state index in [1.54, 1.807) is 6.92 Å². The second-order valence-electron chi connectivity index (χ2n) is 5.31. The van der Waals surface area contributed by atoms with Crippen LogP contribution in [0.4, 0.5) is 11.4 Å². The number of carboxylic acid groups (broad SMARTS) is 1. The molecule has 0 atom stereocenters. The molecule has 0 bridgehead atoms. The Balaban J connectivity index is 2.33. The highest BCUT2D eigenvalue weighted by Crippen LogP contribution is 2.36. The molecule has 0 aliphatic heterocycles. The van der Waals surface area contributed by atoms with Crippen molar-refractivity contribution in [1.82, 2.24) is 4.98 Å². The number of carboxylic acids is 1. The number of anilines is 2. The molecule has 2 aromatic rings. The van der Waals surface area contributed by atoms with Gasteiger partial charge in [0.15, 0.2) is 10.8 Å². The van der Waals surface area contributed by atoms with E-state index in [4.69, 9.17) is 39.9 Å². The number of nitrogens with zero attached hydrogens (tertiary/aromatic N) is 3. The highest BCUT2D eigenvalue weighted by molar-refractivity contribution is 6.46. The number of hydrazone groups is 1. The molecule has 2 rings (SSSR count). The third-order valence-corrected chi connectivity index (χ3v) is 4.48. The van der Waals surface area contributed by atoms with Crippen LogP contribution in [0.5, 0.6) is 0 Å². The first-order valence-corrected chi connectivity index (χ1v) is 8.21. The number of hydrogen-bond donors (Lipinski definition) is 2. The van der Waals surface area contributed by atoms with Gasteiger partial charge in [-0.25, -0.2) is 9.78 Å². The molecule has 0 fully saturated rings. The Kier molecular flexibility index (Phi) is 6.11. The lowest BCUT2D eigenvalue weighted by Crippen LogP contribution is -2.09. The van der Waals surface area contributed by atoms with Crippen molar-refractivity contribution in [2.45, 2.75) is 6.92 Å². The van der Waals surface area contributed by atoms with Crippen molar-refractivity contribution >= 4 is 57.9 Å². The average molecular weight is 402 g/mol. The summed E-state index contributed by atoms with van der Waals surface area (Å²) in [4.78, 5) is 16.8. The van der Waals surface area contributed by atoms with Crippen LogP contribution in [0.15, 0.2) is 29.4 Å². The Morgan fingerprint density at radius 1 is 1.16 bits per heavy atom. The van der Waals surface area contributed by atoms with Gasteiger partial charge in [-0.15, -0.1) is 0 Å². The Labute approximate surface area is 160 Å². The zero-order valence-electron chi connectivity index (χ0n) is 13.6. The van der Waals surface area contributed by atoms with Crippen molar-refractivity contribution in [3.63, 3.8) is 0 Å². The van der Waals surface area contributed by atoms with E-state index in [1.807, 2.05) is 43.3 Å². The Bertz CT molecular complexity index is 836. The van der Waals surface area contributed by atoms with Crippen LogP contribution in [0.1, 0.15) is 23.0 Å². The number of benzene rings is 1. The highest BCUT2D eigenvalue weighted by Gasteiger charge is 2.20. The van der Waals surface area contributed by atoms with Gasteiger partial charge in [0.05, 0.1) is 11.4 Å². The summed E-state index contributed by atoms with van der Waals surface area (Å²) in [6.07, 6.45) is 0. The maximum atomic E-state index is 11.2. The molecule has 2 N–H and O–H groups in total. The van der Waals surface area contributed by atoms with E-state index < -0.39 is 11.7 Å². The van der Waals surface area contributed by atoms with Gasteiger partial charge in [-0.1, -0.05) is 46.9 Å². The zero-order valence-corrected chi connectivity index (χ0v) is 15.9. The SMILES string of the molecule is C/C(=N/Nc1c(Cl)c(Cl)nc(C(=O)O)c1Cl)c1ccc(N(C)C)cc1. The van der Waals surface area contributed by atoms with Crippen molar-refractivity contribution in [2.24, 2.45) is 5.10 Å². The van der Waals surface area contributed by atoms with Gasteiger partial charge in [0.1, 0.15) is 10.0 Å². The van der Waals surface area contributed by atoms with Crippen LogP contribution in [-0.4, -0.2) is 35.9 Å². The van der Waals surface area contributed by atoms with Crippen LogP contribution in [0.3, 0.4) is 0 Å². The fraction of sp³-hybridized carbons (Fsp3) is 0.188. The molecule has 1 heterocycles. The summed E-state index contributed by atoms with van der Waals surface area (Å²) < 4.78 is 0. The Hall–Kier alpha value is -2.02. The van der Waals surface area contributed by atoms with E-state index >= 15 is 0 Å². The quantitative estimate of drug-likeness (QED) is 0.433. The third kappa shape index (κ3) is 4.34. The van der Waals surface area contributed by atoms with Crippen LogP contribution in [0, 0.1) is 0 Å². The molecule has 25 heavy (non-hydrogen) atoms. The Morgan fingerprint density at radius 2 is 1.76 bits per heavy atom. The molecule has 0 amide bonds. The number of rotatable bonds is 5. The number of halogens is 3. The molecule has 0 unspecified atom stereocenters. The summed E-state index contributed by atoms with van der Waals surface area (Å²) in [6, 6.07) is 7.75. The van der Waals surface area contributed by atoms with Gasteiger partial charge in [-0.05, 0) is 24.6 Å². The van der Waals surface area contributed by atoms with Gasteiger partial charge < -0.3 is 10.0 Å². The second kappa shape index (κ2) is 7.91. The molecule has 0 saturated heterocycles. The van der Waals surface area contributed by atoms with Crippen LogP contribution in [0.2, 0.25) is 15.2 Å². The van der Waals surface area contributed by atoms with Crippen molar-refractivity contribution in [1.29, 1.82) is 0 Å². The molecule has 6 nitrogen and oxygen atoms in total. The fourth-order valence-electron chi connectivity index (χ4n) is 1.96. The first kappa shape index (κ1) is 19.3. The van der Waals surface area contributed by atoms with Crippen LogP contribution >= 0.6 is 34.8 Å². The number of nitrogens with one attached hydrogen (secondary N) is 1. The van der Waals surface area contributed by atoms with Gasteiger partial charge in [-0.3, -0.25) is 5.43 Å². The number of aromatic carboxylic acids is 1. The van der Waals surface area contributed by atoms with Crippen LogP contribution in [-0.2, 0) is 0 Å². The molecule has 0 spiro atoms. The molecule has 132 valence electrons. The lowest BCUT2D eigenvalue weighted by molar-refractivity contribution is 0.0691. The molecule has 0 aliphatic rings. The maximum absolute atomic E-state index is 11.2. The molecule has 0 saturated carbocycles. The zero-order chi connectivity index (χ0) is 18.7. The number of pyridine rings is 1. The minimum Gasteiger partial charge on any atom is -0.476 e. The van der Waals surface area contributed by atoms with Gasteiger partial charge in [0, 0.05) is 19.8 Å². The standard InChI is InChI=1S/C16H15Cl3N4O2/c1-8(9-4-6-10(7-5-9)23(2)3)21-22-13-11(17)14(16(24)25)20-15(19)12(13)18/h4-7H,1-3H3,(H,20,22)(H,24,25)/b21-8-. The van der Waals surface area contributed by atoms with E-state index in [0.29, 0.717) is 5.71 Å². The van der Waals surface area contributed by atoms with Gasteiger partial charge >= 0.3 is 5.97 Å². The minimum atomic E-state index is -1.31. The maximum Gasteiger partial charge on any atom is 0.356 e. The fourth-order valence-corrected chi connectivity index (χ4v) is 2.63. The molecule has 1 aromatic heterocycles. The van der Waals surface area contributed by atoms with E-state index in [1.165, 1.54) is 0 Å². The number of carbonyl (C=O) groups is 1. The molecular formula is C16H15Cl3N4O2. The third-order valence-electron chi connectivity index (χ3n) is 3.38. The van der Waals surface area contributed by atoms with E-state index in [-0.39, 0.29) is 20.9 Å². The summed E-state index contributed by atoms with van der Waals surface area (Å²) >= 11 is 17.9. The Morgan fingerprint density at radius 3 is 2.28 bits per heavy atom. The second-order valence-corrected chi connectivity index (χ2v) is 6.42. The summed E-state index contributed by atoms with van der Waals surface area (Å²) in [5, 5.41) is 13.0. The largest absolute Gasteiger partial charge is 0.476 e. The lowest BCUT2D eigenvalue weighted by Gasteiger charge is -2.13. The smallest absolute Gasteiger partial charge is 0.356 e. The van der Waals surface area contributed by atoms with E-state index in [0.717, 1.165) is 11.3 Å². The first-order chi connectivity index (χ1) is 11.7. The molecule has 9 heteroatoms. The van der Waals surface area contributed by atoms with Crippen LogP contribution in [0.25, 0.3) is 0 Å². The topological polar surface area (TPSA) is 77.8 Å². The van der Waals surface area contributed by atoms with Crippen molar-refractivity contribution < 1.29 is 9.90 Å². The lowest BCUT2D eigenvalue weighted by atomic mass is 10.1. The highest BCUT2D eigenvalue weighted by atomic mass is 35.5. The van der Waals surface area contributed by atoms with Crippen LogP contribution < -0.4 is 10.3 Å². The predicted octanol–water partition coefficient (Wildman–Crippen LogP) is 4.64. The molecule has 0 aliphatic carbocycles. The number of hydrogen-bond acceptors (Lipinski definition) is 5. The van der Waals surface area contributed by atoms with Crippen molar-refractivity contribution in [3.8, 4) is 0 Å². The normalized spacial score (nSPS) is 11.4. The summed E-state index contributed by atoms with van der Waals surface area (Å²) in [5.74, 6) is -1.31. The summed E-state index contributed by atoms with van der Waals surface area (Å²) in [5.41, 5.74) is 4.96. The van der Waals surface area contributed by atoms with Crippen molar-refractivity contribution in [3.05, 3.63) is 50.7 Å². The monoisotopic (exact) mass is 400 g/mol. The van der Waals surface area contributed by atoms with Crippen molar-refractivity contribution in [2.75, 3.05) is 24.4 Å². The molecule has 1 aromatic carbocycles.